The molecule has 2 aromatic rings. The lowest BCUT2D eigenvalue weighted by Gasteiger charge is -2.28. The van der Waals surface area contributed by atoms with E-state index in [1.807, 2.05) is 13.0 Å². The SMILES string of the molecule is C[C@H]1CC(=O)c2cnc(NC(=O)CN3CCc4ccccc4C3)nc2C1. The topological polar surface area (TPSA) is 75.2 Å². The van der Waals surface area contributed by atoms with E-state index in [0.29, 0.717) is 18.5 Å². The van der Waals surface area contributed by atoms with Gasteiger partial charge in [0.25, 0.3) is 0 Å². The quantitative estimate of drug-likeness (QED) is 0.919. The summed E-state index contributed by atoms with van der Waals surface area (Å²) in [6.45, 7) is 3.99. The summed E-state index contributed by atoms with van der Waals surface area (Å²) in [6.07, 6.45) is 3.79. The largest absolute Gasteiger partial charge is 0.294 e. The van der Waals surface area contributed by atoms with Crippen LogP contribution in [0, 0.1) is 5.92 Å². The van der Waals surface area contributed by atoms with Crippen molar-refractivity contribution in [2.24, 2.45) is 5.92 Å². The number of aromatic nitrogens is 2. The van der Waals surface area contributed by atoms with Crippen molar-refractivity contribution < 1.29 is 9.59 Å². The minimum absolute atomic E-state index is 0.0867. The highest BCUT2D eigenvalue weighted by Crippen LogP contribution is 2.24. The summed E-state index contributed by atoms with van der Waals surface area (Å²) in [7, 11) is 0. The van der Waals surface area contributed by atoms with Crippen molar-refractivity contribution in [2.75, 3.05) is 18.4 Å². The lowest BCUT2D eigenvalue weighted by molar-refractivity contribution is -0.117. The molecule has 1 aliphatic heterocycles. The average molecular weight is 350 g/mol. The highest BCUT2D eigenvalue weighted by molar-refractivity contribution is 5.98. The molecule has 0 fully saturated rings. The zero-order valence-electron chi connectivity index (χ0n) is 14.9. The molecule has 2 aliphatic rings. The minimum atomic E-state index is -0.125. The molecule has 134 valence electrons. The zero-order valence-corrected chi connectivity index (χ0v) is 14.9. The standard InChI is InChI=1S/C20H22N4O2/c1-13-8-17-16(18(25)9-13)10-21-20(22-17)23-19(26)12-24-7-6-14-4-2-3-5-15(14)11-24/h2-5,10,13H,6-9,11-12H2,1H3,(H,21,22,23,26)/t13-/m1/s1. The number of ketones is 1. The van der Waals surface area contributed by atoms with Gasteiger partial charge in [-0.3, -0.25) is 19.8 Å². The van der Waals surface area contributed by atoms with Gasteiger partial charge in [-0.2, -0.15) is 0 Å². The summed E-state index contributed by atoms with van der Waals surface area (Å²) < 4.78 is 0. The van der Waals surface area contributed by atoms with Gasteiger partial charge in [-0.15, -0.1) is 0 Å². The van der Waals surface area contributed by atoms with Crippen LogP contribution in [0.3, 0.4) is 0 Å². The molecule has 1 aliphatic carbocycles. The predicted octanol–water partition coefficient (Wildman–Crippen LogP) is 2.24. The van der Waals surface area contributed by atoms with Gasteiger partial charge in [-0.25, -0.2) is 9.97 Å². The molecule has 0 unspecified atom stereocenters. The van der Waals surface area contributed by atoms with Crippen molar-refractivity contribution in [3.05, 3.63) is 52.8 Å². The number of hydrogen-bond acceptors (Lipinski definition) is 5. The van der Waals surface area contributed by atoms with Crippen LogP contribution in [-0.2, 0) is 24.2 Å². The normalized spacial score (nSPS) is 19.6. The summed E-state index contributed by atoms with van der Waals surface area (Å²) in [6, 6.07) is 8.35. The molecule has 1 aromatic carbocycles. The van der Waals surface area contributed by atoms with Gasteiger partial charge in [0.05, 0.1) is 17.8 Å². The first-order valence-corrected chi connectivity index (χ1v) is 9.06. The lowest BCUT2D eigenvalue weighted by atomic mass is 9.88. The van der Waals surface area contributed by atoms with E-state index in [-0.39, 0.29) is 23.6 Å². The highest BCUT2D eigenvalue weighted by Gasteiger charge is 2.25. The summed E-state index contributed by atoms with van der Waals surface area (Å²) >= 11 is 0. The fourth-order valence-corrected chi connectivity index (χ4v) is 3.75. The van der Waals surface area contributed by atoms with Crippen molar-refractivity contribution in [3.8, 4) is 0 Å². The van der Waals surface area contributed by atoms with Crippen molar-refractivity contribution in [1.29, 1.82) is 0 Å². The van der Waals surface area contributed by atoms with Crippen LogP contribution in [0.25, 0.3) is 0 Å². The number of rotatable bonds is 3. The number of hydrogen-bond donors (Lipinski definition) is 1. The van der Waals surface area contributed by atoms with E-state index in [4.69, 9.17) is 0 Å². The van der Waals surface area contributed by atoms with Gasteiger partial charge in [-0.05, 0) is 29.9 Å². The summed E-state index contributed by atoms with van der Waals surface area (Å²) in [5, 5.41) is 2.78. The molecule has 1 N–H and O–H groups in total. The number of carbonyl (C=O) groups excluding carboxylic acids is 2. The van der Waals surface area contributed by atoms with Crippen molar-refractivity contribution >= 4 is 17.6 Å². The molecule has 0 saturated carbocycles. The Morgan fingerprint density at radius 1 is 1.27 bits per heavy atom. The zero-order chi connectivity index (χ0) is 18.1. The molecule has 1 aromatic heterocycles. The van der Waals surface area contributed by atoms with E-state index < -0.39 is 0 Å². The van der Waals surface area contributed by atoms with Gasteiger partial charge < -0.3 is 0 Å². The van der Waals surface area contributed by atoms with Gasteiger partial charge in [0.15, 0.2) is 5.78 Å². The van der Waals surface area contributed by atoms with E-state index in [1.54, 1.807) is 6.20 Å². The third kappa shape index (κ3) is 3.51. The van der Waals surface area contributed by atoms with Crippen LogP contribution in [0.1, 0.15) is 40.5 Å². The van der Waals surface area contributed by atoms with Crippen molar-refractivity contribution in [1.82, 2.24) is 14.9 Å². The van der Waals surface area contributed by atoms with E-state index in [9.17, 15) is 9.59 Å². The number of benzene rings is 1. The number of amides is 1. The lowest BCUT2D eigenvalue weighted by Crippen LogP contribution is -2.37. The van der Waals surface area contributed by atoms with Crippen LogP contribution in [0.5, 0.6) is 0 Å². The molecule has 0 saturated heterocycles. The second-order valence-corrected chi connectivity index (χ2v) is 7.27. The van der Waals surface area contributed by atoms with Gasteiger partial charge in [-0.1, -0.05) is 31.2 Å². The summed E-state index contributed by atoms with van der Waals surface area (Å²) in [4.78, 5) is 35.1. The molecule has 0 spiro atoms. The third-order valence-electron chi connectivity index (χ3n) is 5.07. The average Bonchev–Trinajstić information content (AvgIpc) is 2.61. The van der Waals surface area contributed by atoms with Crippen LogP contribution in [0.15, 0.2) is 30.5 Å². The molecule has 0 radical (unpaired) electrons. The Bertz CT molecular complexity index is 865. The smallest absolute Gasteiger partial charge is 0.240 e. The predicted molar refractivity (Wildman–Crippen MR) is 97.9 cm³/mol. The van der Waals surface area contributed by atoms with Crippen LogP contribution in [0.4, 0.5) is 5.95 Å². The first-order valence-electron chi connectivity index (χ1n) is 9.06. The van der Waals surface area contributed by atoms with Crippen LogP contribution in [0.2, 0.25) is 0 Å². The Labute approximate surface area is 152 Å². The molecule has 1 atom stereocenters. The van der Waals surface area contributed by atoms with Gasteiger partial charge in [0.2, 0.25) is 11.9 Å². The molecule has 6 nitrogen and oxygen atoms in total. The van der Waals surface area contributed by atoms with Crippen molar-refractivity contribution in [3.63, 3.8) is 0 Å². The minimum Gasteiger partial charge on any atom is -0.294 e. The number of nitrogens with zero attached hydrogens (tertiary/aromatic N) is 3. The monoisotopic (exact) mass is 350 g/mol. The fourth-order valence-electron chi connectivity index (χ4n) is 3.75. The Hall–Kier alpha value is -2.60. The Morgan fingerprint density at radius 3 is 2.92 bits per heavy atom. The number of nitrogens with one attached hydrogen (secondary N) is 1. The second kappa shape index (κ2) is 6.96. The summed E-state index contributed by atoms with van der Waals surface area (Å²) in [5.74, 6) is 0.526. The molecule has 1 amide bonds. The van der Waals surface area contributed by atoms with Crippen LogP contribution >= 0.6 is 0 Å². The maximum absolute atomic E-state index is 12.4. The first-order chi connectivity index (χ1) is 12.6. The van der Waals surface area contributed by atoms with Gasteiger partial charge in [0.1, 0.15) is 0 Å². The molecular weight excluding hydrogens is 328 g/mol. The number of fused-ring (bicyclic) bond motifs is 2. The molecule has 6 heteroatoms. The van der Waals surface area contributed by atoms with Crippen molar-refractivity contribution in [2.45, 2.75) is 32.7 Å². The Balaban J connectivity index is 1.40. The molecule has 4 rings (SSSR count). The molecule has 2 heterocycles. The number of carbonyl (C=O) groups is 2. The Morgan fingerprint density at radius 2 is 2.08 bits per heavy atom. The maximum atomic E-state index is 12.4. The third-order valence-corrected chi connectivity index (χ3v) is 5.07. The summed E-state index contributed by atoms with van der Waals surface area (Å²) in [5.41, 5.74) is 3.98. The van der Waals surface area contributed by atoms with Gasteiger partial charge >= 0.3 is 0 Å². The van der Waals surface area contributed by atoms with E-state index in [1.165, 1.54) is 11.1 Å². The maximum Gasteiger partial charge on any atom is 0.240 e. The van der Waals surface area contributed by atoms with E-state index in [2.05, 4.69) is 38.4 Å². The van der Waals surface area contributed by atoms with E-state index >= 15 is 0 Å². The molecule has 26 heavy (non-hydrogen) atoms. The fraction of sp³-hybridized carbons (Fsp3) is 0.400. The van der Waals surface area contributed by atoms with Crippen LogP contribution < -0.4 is 5.32 Å². The van der Waals surface area contributed by atoms with E-state index in [0.717, 1.165) is 31.6 Å². The highest BCUT2D eigenvalue weighted by atomic mass is 16.2. The molecule has 0 bridgehead atoms. The number of anilines is 1. The van der Waals surface area contributed by atoms with Crippen LogP contribution in [-0.4, -0.2) is 39.6 Å². The Kier molecular flexibility index (Phi) is 4.51. The molecular formula is C20H22N4O2. The number of Topliss-reactive ketones (excluding diaryl/α,β-unsaturated/α-hetero) is 1. The first kappa shape index (κ1) is 16.8. The van der Waals surface area contributed by atoms with Gasteiger partial charge in [0, 0.05) is 25.7 Å². The second-order valence-electron chi connectivity index (χ2n) is 7.27.